The number of hydrogen-bond donors (Lipinski definition) is 2. The zero-order valence-corrected chi connectivity index (χ0v) is 19.7. The van der Waals surface area contributed by atoms with Crippen LogP contribution >= 0.6 is 0 Å². The number of carbonyl (C=O) groups excluding carboxylic acids is 3. The Hall–Kier alpha value is -3.55. The van der Waals surface area contributed by atoms with E-state index in [4.69, 9.17) is 9.47 Å². The highest BCUT2D eigenvalue weighted by atomic mass is 16.5. The Labute approximate surface area is 194 Å². The van der Waals surface area contributed by atoms with E-state index in [0.29, 0.717) is 23.0 Å². The zero-order chi connectivity index (χ0) is 24.2. The van der Waals surface area contributed by atoms with Crippen LogP contribution in [0.3, 0.4) is 0 Å². The van der Waals surface area contributed by atoms with Crippen molar-refractivity contribution in [3.05, 3.63) is 59.7 Å². The maximum atomic E-state index is 13.3. The Balaban J connectivity index is 1.77. The van der Waals surface area contributed by atoms with Crippen molar-refractivity contribution in [2.75, 3.05) is 20.8 Å². The number of ether oxygens (including phenoxy) is 2. The van der Waals surface area contributed by atoms with E-state index >= 15 is 0 Å². The lowest BCUT2D eigenvalue weighted by Crippen LogP contribution is -2.44. The molecule has 2 aromatic rings. The first-order valence-electron chi connectivity index (χ1n) is 10.9. The Kier molecular flexibility index (Phi) is 7.26. The Morgan fingerprint density at radius 1 is 1.06 bits per heavy atom. The van der Waals surface area contributed by atoms with Crippen LogP contribution in [0.1, 0.15) is 44.4 Å². The first-order chi connectivity index (χ1) is 15.7. The molecule has 0 saturated carbocycles. The largest absolute Gasteiger partial charge is 0.493 e. The van der Waals surface area contributed by atoms with E-state index in [1.165, 1.54) is 14.2 Å². The van der Waals surface area contributed by atoms with Crippen molar-refractivity contribution in [3.63, 3.8) is 0 Å². The van der Waals surface area contributed by atoms with Crippen LogP contribution in [0.5, 0.6) is 11.5 Å². The molecular formula is C25H31N3O5. The molecule has 0 spiro atoms. The molecule has 2 N–H and O–H groups in total. The number of carbonyl (C=O) groups is 3. The summed E-state index contributed by atoms with van der Waals surface area (Å²) < 4.78 is 10.6. The SMILES string of the molecule is COc1ccc(C2(C)NC(=O)N(CC(=O)NC(CC(C)C)c3ccccc3)C2=O)cc1OC. The third kappa shape index (κ3) is 5.10. The molecule has 0 bridgehead atoms. The van der Waals surface area contributed by atoms with Gasteiger partial charge in [0.25, 0.3) is 5.91 Å². The van der Waals surface area contributed by atoms with Gasteiger partial charge in [-0.15, -0.1) is 0 Å². The number of nitrogens with zero attached hydrogens (tertiary/aromatic N) is 1. The molecule has 0 radical (unpaired) electrons. The van der Waals surface area contributed by atoms with Gasteiger partial charge in [-0.3, -0.25) is 14.5 Å². The van der Waals surface area contributed by atoms with E-state index in [1.54, 1.807) is 25.1 Å². The Morgan fingerprint density at radius 2 is 1.73 bits per heavy atom. The summed E-state index contributed by atoms with van der Waals surface area (Å²) in [6, 6.07) is 13.8. The van der Waals surface area contributed by atoms with E-state index < -0.39 is 23.4 Å². The number of benzene rings is 2. The summed E-state index contributed by atoms with van der Waals surface area (Å²) in [5, 5.41) is 5.70. The van der Waals surface area contributed by atoms with Crippen molar-refractivity contribution < 1.29 is 23.9 Å². The summed E-state index contributed by atoms with van der Waals surface area (Å²) in [5.41, 5.74) is 0.184. The normalized spacial score (nSPS) is 18.8. The summed E-state index contributed by atoms with van der Waals surface area (Å²) in [7, 11) is 3.01. The highest BCUT2D eigenvalue weighted by Gasteiger charge is 2.49. The second kappa shape index (κ2) is 9.94. The van der Waals surface area contributed by atoms with Gasteiger partial charge in [-0.05, 0) is 42.5 Å². The number of amides is 4. The van der Waals surface area contributed by atoms with E-state index in [9.17, 15) is 14.4 Å². The van der Waals surface area contributed by atoms with Crippen LogP contribution in [0.2, 0.25) is 0 Å². The van der Waals surface area contributed by atoms with E-state index in [2.05, 4.69) is 24.5 Å². The molecule has 4 amide bonds. The summed E-state index contributed by atoms with van der Waals surface area (Å²) >= 11 is 0. The molecule has 2 atom stereocenters. The van der Waals surface area contributed by atoms with Gasteiger partial charge in [0.1, 0.15) is 12.1 Å². The lowest BCUT2D eigenvalue weighted by molar-refractivity contribution is -0.135. The molecule has 3 rings (SSSR count). The van der Waals surface area contributed by atoms with Crippen LogP contribution in [-0.2, 0) is 15.1 Å². The molecule has 176 valence electrons. The van der Waals surface area contributed by atoms with Crippen LogP contribution in [-0.4, -0.2) is 43.5 Å². The van der Waals surface area contributed by atoms with Crippen LogP contribution in [0.25, 0.3) is 0 Å². The van der Waals surface area contributed by atoms with E-state index in [-0.39, 0.29) is 12.6 Å². The lowest BCUT2D eigenvalue weighted by atomic mass is 9.91. The van der Waals surface area contributed by atoms with Gasteiger partial charge in [-0.25, -0.2) is 4.79 Å². The number of urea groups is 1. The number of rotatable bonds is 9. The lowest BCUT2D eigenvalue weighted by Gasteiger charge is -2.24. The third-order valence-corrected chi connectivity index (χ3v) is 5.78. The van der Waals surface area contributed by atoms with Crippen molar-refractivity contribution >= 4 is 17.8 Å². The minimum absolute atomic E-state index is 0.211. The third-order valence-electron chi connectivity index (χ3n) is 5.78. The summed E-state index contributed by atoms with van der Waals surface area (Å²) in [5.74, 6) is 0.393. The quantitative estimate of drug-likeness (QED) is 0.568. The van der Waals surface area contributed by atoms with Gasteiger partial charge in [0.05, 0.1) is 20.3 Å². The molecule has 2 aromatic carbocycles. The molecule has 1 saturated heterocycles. The number of hydrogen-bond acceptors (Lipinski definition) is 5. The monoisotopic (exact) mass is 453 g/mol. The fourth-order valence-corrected chi connectivity index (χ4v) is 4.00. The molecule has 0 aliphatic carbocycles. The van der Waals surface area contributed by atoms with Gasteiger partial charge in [0.2, 0.25) is 5.91 Å². The predicted octanol–water partition coefficient (Wildman–Crippen LogP) is 3.37. The molecule has 2 unspecified atom stereocenters. The second-order valence-corrected chi connectivity index (χ2v) is 8.68. The van der Waals surface area contributed by atoms with E-state index in [1.807, 2.05) is 30.3 Å². The average Bonchev–Trinajstić information content (AvgIpc) is 3.02. The molecular weight excluding hydrogens is 422 g/mol. The molecule has 0 aromatic heterocycles. The fraction of sp³-hybridized carbons (Fsp3) is 0.400. The minimum Gasteiger partial charge on any atom is -0.493 e. The summed E-state index contributed by atoms with van der Waals surface area (Å²) in [4.78, 5) is 39.7. The standard InChI is InChI=1S/C25H31N3O5/c1-16(2)13-19(17-9-7-6-8-10-17)26-22(29)15-28-23(30)25(3,27-24(28)31)18-11-12-20(32-4)21(14-18)33-5/h6-12,14,16,19H,13,15H2,1-5H3,(H,26,29)(H,27,31). The summed E-state index contributed by atoms with van der Waals surface area (Å²) in [6.07, 6.45) is 0.735. The first-order valence-corrected chi connectivity index (χ1v) is 10.9. The smallest absolute Gasteiger partial charge is 0.325 e. The first kappa shape index (κ1) is 24.1. The molecule has 33 heavy (non-hydrogen) atoms. The molecule has 8 nitrogen and oxygen atoms in total. The van der Waals surface area contributed by atoms with Gasteiger partial charge in [0, 0.05) is 0 Å². The molecule has 1 heterocycles. The number of nitrogens with one attached hydrogen (secondary N) is 2. The van der Waals surface area contributed by atoms with Crippen molar-refractivity contribution in [2.45, 2.75) is 38.8 Å². The molecule has 8 heteroatoms. The summed E-state index contributed by atoms with van der Waals surface area (Å²) in [6.45, 7) is 5.40. The van der Waals surface area contributed by atoms with Crippen LogP contribution in [0, 0.1) is 5.92 Å². The van der Waals surface area contributed by atoms with Gasteiger partial charge >= 0.3 is 6.03 Å². The minimum atomic E-state index is -1.33. The number of imide groups is 1. The second-order valence-electron chi connectivity index (χ2n) is 8.68. The van der Waals surface area contributed by atoms with Crippen molar-refractivity contribution in [1.82, 2.24) is 15.5 Å². The highest BCUT2D eigenvalue weighted by Crippen LogP contribution is 2.35. The molecule has 1 fully saturated rings. The Morgan fingerprint density at radius 3 is 2.33 bits per heavy atom. The van der Waals surface area contributed by atoms with Gasteiger partial charge in [-0.1, -0.05) is 50.2 Å². The van der Waals surface area contributed by atoms with Crippen molar-refractivity contribution in [1.29, 1.82) is 0 Å². The van der Waals surface area contributed by atoms with Gasteiger partial charge in [-0.2, -0.15) is 0 Å². The topological polar surface area (TPSA) is 97.0 Å². The van der Waals surface area contributed by atoms with E-state index in [0.717, 1.165) is 16.9 Å². The Bertz CT molecular complexity index is 1020. The van der Waals surface area contributed by atoms with Crippen LogP contribution in [0.4, 0.5) is 4.79 Å². The molecule has 1 aliphatic heterocycles. The average molecular weight is 454 g/mol. The maximum absolute atomic E-state index is 13.3. The van der Waals surface area contributed by atoms with Crippen LogP contribution in [0.15, 0.2) is 48.5 Å². The highest BCUT2D eigenvalue weighted by molar-refractivity contribution is 6.09. The van der Waals surface area contributed by atoms with Gasteiger partial charge < -0.3 is 20.1 Å². The zero-order valence-electron chi connectivity index (χ0n) is 19.7. The van der Waals surface area contributed by atoms with Crippen LogP contribution < -0.4 is 20.1 Å². The predicted molar refractivity (Wildman–Crippen MR) is 124 cm³/mol. The fourth-order valence-electron chi connectivity index (χ4n) is 4.00. The number of methoxy groups -OCH3 is 2. The van der Waals surface area contributed by atoms with Crippen molar-refractivity contribution in [2.24, 2.45) is 5.92 Å². The maximum Gasteiger partial charge on any atom is 0.325 e. The van der Waals surface area contributed by atoms with Crippen molar-refractivity contribution in [3.8, 4) is 11.5 Å². The molecule has 1 aliphatic rings. The van der Waals surface area contributed by atoms with Gasteiger partial charge in [0.15, 0.2) is 11.5 Å².